The van der Waals surface area contributed by atoms with Gasteiger partial charge in [-0.25, -0.2) is 0 Å². The number of hydrogen-bond acceptors (Lipinski definition) is 2. The molecule has 8 aromatic rings. The molecular formula is C54H44N2. The Labute approximate surface area is 329 Å². The fourth-order valence-corrected chi connectivity index (χ4v) is 12.3. The van der Waals surface area contributed by atoms with E-state index in [1.807, 2.05) is 0 Å². The third kappa shape index (κ3) is 4.68. The summed E-state index contributed by atoms with van der Waals surface area (Å²) in [6, 6.07) is 68.2. The largest absolute Gasteiger partial charge is 0.310 e. The highest BCUT2D eigenvalue weighted by Crippen LogP contribution is 2.70. The summed E-state index contributed by atoms with van der Waals surface area (Å²) in [4.78, 5) is 5.02. The lowest BCUT2D eigenvalue weighted by Gasteiger charge is -2.61. The van der Waals surface area contributed by atoms with Crippen LogP contribution in [0.5, 0.6) is 0 Å². The molecule has 4 saturated carbocycles. The van der Waals surface area contributed by atoms with Crippen molar-refractivity contribution in [2.45, 2.75) is 37.5 Å². The molecule has 13 rings (SSSR count). The van der Waals surface area contributed by atoms with E-state index in [1.54, 1.807) is 11.1 Å². The van der Waals surface area contributed by atoms with Crippen LogP contribution < -0.4 is 9.80 Å². The summed E-state index contributed by atoms with van der Waals surface area (Å²) in [5, 5.41) is 5.06. The van der Waals surface area contributed by atoms with Crippen molar-refractivity contribution in [1.29, 1.82) is 0 Å². The van der Waals surface area contributed by atoms with Crippen molar-refractivity contribution in [2.75, 3.05) is 9.80 Å². The first-order valence-electron chi connectivity index (χ1n) is 20.7. The zero-order valence-electron chi connectivity index (χ0n) is 31.6. The minimum Gasteiger partial charge on any atom is -0.310 e. The molecule has 8 aromatic carbocycles. The van der Waals surface area contributed by atoms with Gasteiger partial charge in [-0.05, 0) is 149 Å². The fourth-order valence-electron chi connectivity index (χ4n) is 12.3. The van der Waals surface area contributed by atoms with Crippen molar-refractivity contribution in [3.63, 3.8) is 0 Å². The second-order valence-electron chi connectivity index (χ2n) is 17.0. The first-order chi connectivity index (χ1) is 27.7. The van der Waals surface area contributed by atoms with Gasteiger partial charge in [0.15, 0.2) is 0 Å². The zero-order valence-corrected chi connectivity index (χ0v) is 31.6. The molecule has 0 atom stereocenters. The van der Waals surface area contributed by atoms with Gasteiger partial charge in [0, 0.05) is 38.9 Å². The van der Waals surface area contributed by atoms with Gasteiger partial charge in [-0.15, -0.1) is 0 Å². The van der Waals surface area contributed by atoms with E-state index in [-0.39, 0.29) is 5.41 Å². The lowest BCUT2D eigenvalue weighted by molar-refractivity contribution is -0.0399. The summed E-state index contributed by atoms with van der Waals surface area (Å²) < 4.78 is 0. The highest BCUT2D eigenvalue weighted by molar-refractivity contribution is 6.01. The van der Waals surface area contributed by atoms with E-state index in [0.717, 1.165) is 11.8 Å². The Balaban J connectivity index is 1.08. The van der Waals surface area contributed by atoms with Crippen LogP contribution in [0.15, 0.2) is 182 Å². The number of anilines is 6. The molecule has 5 aliphatic carbocycles. The lowest BCUT2D eigenvalue weighted by atomic mass is 9.43. The Morgan fingerprint density at radius 3 is 1.23 bits per heavy atom. The molecule has 1 spiro atoms. The van der Waals surface area contributed by atoms with Crippen LogP contribution in [0.2, 0.25) is 0 Å². The molecule has 0 aliphatic heterocycles. The van der Waals surface area contributed by atoms with Crippen LogP contribution >= 0.6 is 0 Å². The summed E-state index contributed by atoms with van der Waals surface area (Å²) in [5.41, 5.74) is 13.3. The van der Waals surface area contributed by atoms with Crippen molar-refractivity contribution in [3.05, 3.63) is 193 Å². The predicted octanol–water partition coefficient (Wildman–Crippen LogP) is 14.7. The minimum absolute atomic E-state index is 0.00761. The Morgan fingerprint density at radius 2 is 0.768 bits per heavy atom. The molecular weight excluding hydrogens is 677 g/mol. The van der Waals surface area contributed by atoms with Gasteiger partial charge in [0.1, 0.15) is 0 Å². The van der Waals surface area contributed by atoms with E-state index in [4.69, 9.17) is 0 Å². The molecule has 56 heavy (non-hydrogen) atoms. The second kappa shape index (κ2) is 12.4. The summed E-state index contributed by atoms with van der Waals surface area (Å²) in [6.07, 6.45) is 6.82. The van der Waals surface area contributed by atoms with Gasteiger partial charge in [-0.3, -0.25) is 0 Å². The number of fused-ring (bicyclic) bond motifs is 5. The van der Waals surface area contributed by atoms with Crippen LogP contribution in [0.4, 0.5) is 34.1 Å². The Morgan fingerprint density at radius 1 is 0.357 bits per heavy atom. The van der Waals surface area contributed by atoms with Gasteiger partial charge in [-0.2, -0.15) is 0 Å². The number of hydrogen-bond donors (Lipinski definition) is 0. The van der Waals surface area contributed by atoms with Gasteiger partial charge in [0.05, 0.1) is 11.4 Å². The summed E-state index contributed by atoms with van der Waals surface area (Å²) in [6.45, 7) is 0. The second-order valence-corrected chi connectivity index (χ2v) is 17.0. The average molecular weight is 721 g/mol. The van der Waals surface area contributed by atoms with Gasteiger partial charge in [-0.1, -0.05) is 121 Å². The van der Waals surface area contributed by atoms with E-state index in [9.17, 15) is 0 Å². The van der Waals surface area contributed by atoms with Gasteiger partial charge in [0.25, 0.3) is 0 Å². The molecule has 5 aliphatic rings. The summed E-state index contributed by atoms with van der Waals surface area (Å²) in [7, 11) is 0. The standard InChI is InChI=1S/C54H44N2/c1-3-17-42(18-4-1)55(52-23-11-15-38-13-7-9-21-46(38)52)44-25-27-48-49-28-26-45(35-51(49)54(50(48)34-44)40-30-36-29-37(32-40)33-41(54)31-36)56(43-19-5-2-6-20-43)53-24-12-16-39-14-8-10-22-47(39)53/h1-28,34-37,40-41H,29-33H2. The highest BCUT2D eigenvalue weighted by atomic mass is 15.1. The quantitative estimate of drug-likeness (QED) is 0.169. The number of rotatable bonds is 6. The molecule has 4 fully saturated rings. The van der Waals surface area contributed by atoms with E-state index in [0.29, 0.717) is 11.8 Å². The monoisotopic (exact) mass is 720 g/mol. The zero-order chi connectivity index (χ0) is 36.8. The summed E-state index contributed by atoms with van der Waals surface area (Å²) >= 11 is 0. The number of nitrogens with zero attached hydrogens (tertiary/aromatic N) is 2. The van der Waals surface area contributed by atoms with E-state index < -0.39 is 0 Å². The summed E-state index contributed by atoms with van der Waals surface area (Å²) in [5.74, 6) is 3.04. The predicted molar refractivity (Wildman–Crippen MR) is 234 cm³/mol. The molecule has 0 unspecified atom stereocenters. The van der Waals surface area contributed by atoms with Crippen molar-refractivity contribution < 1.29 is 0 Å². The molecule has 0 saturated heterocycles. The molecule has 0 aromatic heterocycles. The number of benzene rings is 8. The highest BCUT2D eigenvalue weighted by Gasteiger charge is 2.61. The first-order valence-corrected chi connectivity index (χ1v) is 20.7. The molecule has 0 N–H and O–H groups in total. The van der Waals surface area contributed by atoms with Crippen LogP contribution in [0.1, 0.15) is 43.2 Å². The van der Waals surface area contributed by atoms with E-state index in [2.05, 4.69) is 192 Å². The Kier molecular flexibility index (Phi) is 7.15. The van der Waals surface area contributed by atoms with Gasteiger partial charge < -0.3 is 9.80 Å². The SMILES string of the molecule is c1ccc(N(c2ccc3c(c2)C2(c4cc(N(c5ccccc5)c5cccc6ccccc56)ccc4-3)C3CC4CC(C3)CC2C4)c2cccc3ccccc23)cc1. The molecule has 2 nitrogen and oxygen atoms in total. The van der Waals surface area contributed by atoms with Crippen LogP contribution in [0.25, 0.3) is 32.7 Å². The van der Waals surface area contributed by atoms with E-state index in [1.165, 1.54) is 98.9 Å². The average Bonchev–Trinajstić information content (AvgIpc) is 3.53. The molecule has 0 heterocycles. The fraction of sp³-hybridized carbons (Fsp3) is 0.185. The maximum absolute atomic E-state index is 2.63. The van der Waals surface area contributed by atoms with Crippen LogP contribution in [-0.2, 0) is 5.41 Å². The molecule has 270 valence electrons. The van der Waals surface area contributed by atoms with E-state index >= 15 is 0 Å². The maximum atomic E-state index is 2.63. The van der Waals surface area contributed by atoms with Gasteiger partial charge >= 0.3 is 0 Å². The Hall–Kier alpha value is -6.12. The van der Waals surface area contributed by atoms with Crippen LogP contribution in [0, 0.1) is 23.7 Å². The van der Waals surface area contributed by atoms with Crippen molar-refractivity contribution in [3.8, 4) is 11.1 Å². The number of para-hydroxylation sites is 2. The molecule has 0 amide bonds. The first kappa shape index (κ1) is 32.2. The van der Waals surface area contributed by atoms with Crippen LogP contribution in [0.3, 0.4) is 0 Å². The maximum Gasteiger partial charge on any atom is 0.0540 e. The van der Waals surface area contributed by atoms with Crippen LogP contribution in [-0.4, -0.2) is 0 Å². The topological polar surface area (TPSA) is 6.48 Å². The lowest BCUT2D eigenvalue weighted by Crippen LogP contribution is -2.55. The van der Waals surface area contributed by atoms with Gasteiger partial charge in [0.2, 0.25) is 0 Å². The molecule has 0 radical (unpaired) electrons. The van der Waals surface area contributed by atoms with Crippen molar-refractivity contribution in [1.82, 2.24) is 0 Å². The van der Waals surface area contributed by atoms with Crippen molar-refractivity contribution in [2.24, 2.45) is 23.7 Å². The Bertz CT molecular complexity index is 2570. The third-order valence-corrected chi connectivity index (χ3v) is 14.2. The molecule has 2 heteroatoms. The van der Waals surface area contributed by atoms with Crippen molar-refractivity contribution >= 4 is 55.7 Å². The normalized spacial score (nSPS) is 21.0. The smallest absolute Gasteiger partial charge is 0.0540 e. The third-order valence-electron chi connectivity index (χ3n) is 14.2. The molecule has 4 bridgehead atoms. The minimum atomic E-state index is -0.00761.